The van der Waals surface area contributed by atoms with Crippen molar-refractivity contribution in [1.82, 2.24) is 25.4 Å². The molecule has 7 nitrogen and oxygen atoms in total. The van der Waals surface area contributed by atoms with Crippen LogP contribution < -0.4 is 10.6 Å². The van der Waals surface area contributed by atoms with Gasteiger partial charge < -0.3 is 10.6 Å². The number of nitrogens with one attached hydrogen (secondary N) is 2. The lowest BCUT2D eigenvalue weighted by Crippen LogP contribution is -2.39. The third-order valence-electron chi connectivity index (χ3n) is 4.40. The Labute approximate surface area is 186 Å². The molecule has 0 radical (unpaired) electrons. The fourth-order valence-corrected chi connectivity index (χ4v) is 3.43. The van der Waals surface area contributed by atoms with Gasteiger partial charge in [0.25, 0.3) is 5.91 Å². The van der Waals surface area contributed by atoms with E-state index in [1.807, 2.05) is 6.92 Å². The van der Waals surface area contributed by atoms with Crippen molar-refractivity contribution in [1.29, 1.82) is 0 Å². The zero-order valence-corrected chi connectivity index (χ0v) is 17.9. The first-order chi connectivity index (χ1) is 14.8. The molecule has 2 amide bonds. The lowest BCUT2D eigenvalue weighted by Gasteiger charge is -2.17. The van der Waals surface area contributed by atoms with Crippen LogP contribution in [0.5, 0.6) is 0 Å². The van der Waals surface area contributed by atoms with E-state index in [4.69, 9.17) is 23.2 Å². The Morgan fingerprint density at radius 3 is 2.39 bits per heavy atom. The number of para-hydroxylation sites is 1. The molecule has 162 valence electrons. The number of amides is 2. The van der Waals surface area contributed by atoms with E-state index in [2.05, 4.69) is 20.7 Å². The van der Waals surface area contributed by atoms with Gasteiger partial charge in [-0.25, -0.2) is 18.4 Å². The summed E-state index contributed by atoms with van der Waals surface area (Å²) < 4.78 is 28.3. The second-order valence-corrected chi connectivity index (χ2v) is 7.20. The van der Waals surface area contributed by atoms with Crippen LogP contribution in [0.2, 0.25) is 10.0 Å². The SMILES string of the molecule is CCc1nc(C(=O)NC(C(=O)NC)c2ccc(F)c(F)c2)nn1-c1c(Cl)cccc1Cl. The van der Waals surface area contributed by atoms with E-state index < -0.39 is 29.5 Å². The Bertz CT molecular complexity index is 1130. The van der Waals surface area contributed by atoms with Gasteiger partial charge in [-0.3, -0.25) is 9.59 Å². The number of aromatic nitrogens is 3. The number of rotatable bonds is 6. The molecule has 0 spiro atoms. The van der Waals surface area contributed by atoms with Gasteiger partial charge in [-0.2, -0.15) is 0 Å². The summed E-state index contributed by atoms with van der Waals surface area (Å²) in [7, 11) is 1.35. The average molecular weight is 468 g/mol. The van der Waals surface area contributed by atoms with Crippen molar-refractivity contribution in [2.24, 2.45) is 0 Å². The van der Waals surface area contributed by atoms with E-state index >= 15 is 0 Å². The van der Waals surface area contributed by atoms with Crippen molar-refractivity contribution in [2.75, 3.05) is 7.05 Å². The van der Waals surface area contributed by atoms with Crippen LogP contribution in [-0.4, -0.2) is 33.6 Å². The number of aryl methyl sites for hydroxylation is 1. The fourth-order valence-electron chi connectivity index (χ4n) is 2.87. The van der Waals surface area contributed by atoms with Crippen molar-refractivity contribution in [3.05, 3.63) is 75.3 Å². The molecule has 0 aliphatic carbocycles. The smallest absolute Gasteiger partial charge is 0.291 e. The monoisotopic (exact) mass is 467 g/mol. The Morgan fingerprint density at radius 1 is 1.13 bits per heavy atom. The van der Waals surface area contributed by atoms with Gasteiger partial charge in [-0.05, 0) is 29.8 Å². The molecular weight excluding hydrogens is 451 g/mol. The minimum Gasteiger partial charge on any atom is -0.357 e. The van der Waals surface area contributed by atoms with Crippen LogP contribution in [0, 0.1) is 11.6 Å². The van der Waals surface area contributed by atoms with Gasteiger partial charge in [0.15, 0.2) is 11.6 Å². The molecule has 1 aromatic heterocycles. The summed E-state index contributed by atoms with van der Waals surface area (Å²) in [6.45, 7) is 1.81. The number of carbonyl (C=O) groups is 2. The molecule has 2 N–H and O–H groups in total. The summed E-state index contributed by atoms with van der Waals surface area (Å²) in [6.07, 6.45) is 0.407. The number of hydrogen-bond acceptors (Lipinski definition) is 4. The average Bonchev–Trinajstić information content (AvgIpc) is 3.17. The zero-order chi connectivity index (χ0) is 22.7. The van der Waals surface area contributed by atoms with E-state index in [1.54, 1.807) is 18.2 Å². The summed E-state index contributed by atoms with van der Waals surface area (Å²) in [6, 6.07) is 6.51. The predicted octanol–water partition coefficient (Wildman–Crippen LogP) is 3.63. The zero-order valence-electron chi connectivity index (χ0n) is 16.4. The molecular formula is C20H17Cl2F2N5O2. The van der Waals surface area contributed by atoms with E-state index in [1.165, 1.54) is 17.8 Å². The quantitative estimate of drug-likeness (QED) is 0.579. The van der Waals surface area contributed by atoms with Crippen LogP contribution in [0.3, 0.4) is 0 Å². The van der Waals surface area contributed by atoms with Gasteiger partial charge in [0.1, 0.15) is 17.6 Å². The van der Waals surface area contributed by atoms with Gasteiger partial charge in [-0.15, -0.1) is 5.10 Å². The van der Waals surface area contributed by atoms with Crippen LogP contribution in [0.25, 0.3) is 5.69 Å². The summed E-state index contributed by atoms with van der Waals surface area (Å²) in [5, 5.41) is 9.63. The van der Waals surface area contributed by atoms with Crippen molar-refractivity contribution < 1.29 is 18.4 Å². The minimum atomic E-state index is -1.30. The third kappa shape index (κ3) is 4.67. The van der Waals surface area contributed by atoms with E-state index in [0.29, 0.717) is 28.0 Å². The van der Waals surface area contributed by atoms with E-state index in [-0.39, 0.29) is 11.4 Å². The highest BCUT2D eigenvalue weighted by molar-refractivity contribution is 6.37. The predicted molar refractivity (Wildman–Crippen MR) is 111 cm³/mol. The first-order valence-electron chi connectivity index (χ1n) is 9.14. The van der Waals surface area contributed by atoms with Crippen molar-refractivity contribution in [3.63, 3.8) is 0 Å². The second-order valence-electron chi connectivity index (χ2n) is 6.38. The molecule has 2 aromatic carbocycles. The van der Waals surface area contributed by atoms with Gasteiger partial charge in [0.2, 0.25) is 11.7 Å². The number of carbonyl (C=O) groups excluding carboxylic acids is 2. The first-order valence-corrected chi connectivity index (χ1v) is 9.90. The third-order valence-corrected chi connectivity index (χ3v) is 5.01. The Morgan fingerprint density at radius 2 is 1.81 bits per heavy atom. The molecule has 3 rings (SSSR count). The maximum absolute atomic E-state index is 13.7. The Balaban J connectivity index is 1.97. The summed E-state index contributed by atoms with van der Waals surface area (Å²) in [5.41, 5.74) is 0.411. The number of hydrogen-bond donors (Lipinski definition) is 2. The normalized spacial score (nSPS) is 11.8. The largest absolute Gasteiger partial charge is 0.357 e. The number of likely N-dealkylation sites (N-methyl/N-ethyl adjacent to an activating group) is 1. The number of benzene rings is 2. The first kappa shape index (κ1) is 22.6. The summed E-state index contributed by atoms with van der Waals surface area (Å²) >= 11 is 12.5. The lowest BCUT2D eigenvalue weighted by atomic mass is 10.1. The minimum absolute atomic E-state index is 0.0518. The van der Waals surface area contributed by atoms with Gasteiger partial charge >= 0.3 is 0 Å². The molecule has 0 saturated carbocycles. The number of nitrogens with zero attached hydrogens (tertiary/aromatic N) is 3. The molecule has 1 unspecified atom stereocenters. The molecule has 1 atom stereocenters. The van der Waals surface area contributed by atoms with Crippen molar-refractivity contribution in [2.45, 2.75) is 19.4 Å². The molecule has 0 saturated heterocycles. The maximum Gasteiger partial charge on any atom is 0.291 e. The summed E-state index contributed by atoms with van der Waals surface area (Å²) in [4.78, 5) is 29.3. The van der Waals surface area contributed by atoms with Crippen LogP contribution in [0.4, 0.5) is 8.78 Å². The second kappa shape index (κ2) is 9.40. The number of halogens is 4. The topological polar surface area (TPSA) is 88.9 Å². The highest BCUT2D eigenvalue weighted by Gasteiger charge is 2.26. The van der Waals surface area contributed by atoms with Gasteiger partial charge in [0.05, 0.1) is 10.0 Å². The maximum atomic E-state index is 13.7. The summed E-state index contributed by atoms with van der Waals surface area (Å²) in [5.74, 6) is -3.49. The molecule has 1 heterocycles. The van der Waals surface area contributed by atoms with Crippen LogP contribution >= 0.6 is 23.2 Å². The fraction of sp³-hybridized carbons (Fsp3) is 0.200. The molecule has 31 heavy (non-hydrogen) atoms. The Hall–Kier alpha value is -3.04. The van der Waals surface area contributed by atoms with Gasteiger partial charge in [0, 0.05) is 13.5 Å². The molecule has 0 bridgehead atoms. The molecule has 0 aliphatic heterocycles. The van der Waals surface area contributed by atoms with Crippen LogP contribution in [-0.2, 0) is 11.2 Å². The van der Waals surface area contributed by atoms with Crippen LogP contribution in [0.15, 0.2) is 36.4 Å². The van der Waals surface area contributed by atoms with Crippen molar-refractivity contribution >= 4 is 35.0 Å². The molecule has 0 aliphatic rings. The highest BCUT2D eigenvalue weighted by atomic mass is 35.5. The van der Waals surface area contributed by atoms with Crippen LogP contribution in [0.1, 0.15) is 35.0 Å². The molecule has 3 aromatic rings. The van der Waals surface area contributed by atoms with Gasteiger partial charge in [-0.1, -0.05) is 42.3 Å². The standard InChI is InChI=1S/C20H17Cl2F2N5O2/c1-3-15-26-18(28-29(15)17-11(21)5-4-6-12(17)22)20(31)27-16(19(30)25-2)10-7-8-13(23)14(24)9-10/h4-9,16H,3H2,1-2H3,(H,25,30)(H,27,31). The van der Waals surface area contributed by atoms with E-state index in [0.717, 1.165) is 12.1 Å². The van der Waals surface area contributed by atoms with Crippen molar-refractivity contribution in [3.8, 4) is 5.69 Å². The molecule has 0 fully saturated rings. The van der Waals surface area contributed by atoms with E-state index in [9.17, 15) is 18.4 Å². The highest BCUT2D eigenvalue weighted by Crippen LogP contribution is 2.29. The Kier molecular flexibility index (Phi) is 6.87. The molecule has 11 heteroatoms. The lowest BCUT2D eigenvalue weighted by molar-refractivity contribution is -0.122.